The zero-order valence-electron chi connectivity index (χ0n) is 14.4. The van der Waals surface area contributed by atoms with E-state index >= 15 is 0 Å². The van der Waals surface area contributed by atoms with Crippen molar-refractivity contribution >= 4 is 5.91 Å². The average molecular weight is 334 g/mol. The Morgan fingerprint density at radius 2 is 2.12 bits per heavy atom. The minimum Gasteiger partial charge on any atom is -0.389 e. The number of benzene rings is 1. The van der Waals surface area contributed by atoms with Gasteiger partial charge in [-0.1, -0.05) is 31.4 Å². The molecule has 1 heterocycles. The maximum atomic E-state index is 13.9. The number of carbonyl (C=O) groups is 1. The fourth-order valence-corrected chi connectivity index (χ4v) is 4.06. The molecule has 4 nitrogen and oxygen atoms in total. The molecule has 0 saturated heterocycles. The van der Waals surface area contributed by atoms with Gasteiger partial charge in [0.1, 0.15) is 5.82 Å². The lowest BCUT2D eigenvalue weighted by Gasteiger charge is -2.36. The second-order valence-electron chi connectivity index (χ2n) is 7.21. The van der Waals surface area contributed by atoms with E-state index in [4.69, 9.17) is 0 Å². The fraction of sp³-hybridized carbons (Fsp3) is 0.632. The molecule has 1 aliphatic heterocycles. The molecule has 1 unspecified atom stereocenters. The van der Waals surface area contributed by atoms with Crippen LogP contribution in [0.5, 0.6) is 0 Å². The third kappa shape index (κ3) is 3.62. The summed E-state index contributed by atoms with van der Waals surface area (Å²) in [7, 11) is 0. The first-order valence-electron chi connectivity index (χ1n) is 9.00. The van der Waals surface area contributed by atoms with Crippen molar-refractivity contribution in [2.45, 2.75) is 57.1 Å². The van der Waals surface area contributed by atoms with Crippen molar-refractivity contribution in [3.63, 3.8) is 0 Å². The first-order valence-corrected chi connectivity index (χ1v) is 9.00. The minimum atomic E-state index is -0.665. The number of carbonyl (C=O) groups excluding carboxylic acids is 1. The van der Waals surface area contributed by atoms with Gasteiger partial charge in [-0.25, -0.2) is 4.39 Å². The van der Waals surface area contributed by atoms with Crippen molar-refractivity contribution < 1.29 is 14.3 Å². The van der Waals surface area contributed by atoms with Crippen LogP contribution in [0.2, 0.25) is 0 Å². The molecule has 1 fully saturated rings. The molecule has 1 amide bonds. The predicted octanol–water partition coefficient (Wildman–Crippen LogP) is 2.56. The van der Waals surface area contributed by atoms with Gasteiger partial charge in [0.05, 0.1) is 18.2 Å². The Morgan fingerprint density at radius 1 is 1.38 bits per heavy atom. The van der Waals surface area contributed by atoms with Crippen LogP contribution in [0.15, 0.2) is 18.2 Å². The van der Waals surface area contributed by atoms with Crippen LogP contribution in [-0.2, 0) is 11.2 Å². The maximum absolute atomic E-state index is 13.9. The third-order valence-electron chi connectivity index (χ3n) is 5.51. The number of nitrogens with one attached hydrogen (secondary N) is 1. The van der Waals surface area contributed by atoms with Gasteiger partial charge >= 0.3 is 0 Å². The Kier molecular flexibility index (Phi) is 5.21. The molecule has 1 saturated carbocycles. The van der Waals surface area contributed by atoms with Gasteiger partial charge in [0.2, 0.25) is 5.91 Å². The van der Waals surface area contributed by atoms with Crippen molar-refractivity contribution in [3.05, 3.63) is 35.1 Å². The standard InChI is InChI=1S/C19H27FN2O2/c1-14-15-6-5-7-17(20)16(15)8-11-22(14)18(23)12-21-13-19(24)9-3-2-4-10-19/h5-7,14,21,24H,2-4,8-13H2,1H3. The smallest absolute Gasteiger partial charge is 0.237 e. The molecule has 1 aromatic carbocycles. The van der Waals surface area contributed by atoms with Gasteiger partial charge in [-0.15, -0.1) is 0 Å². The van der Waals surface area contributed by atoms with Crippen molar-refractivity contribution in [3.8, 4) is 0 Å². The molecule has 3 rings (SSSR count). The summed E-state index contributed by atoms with van der Waals surface area (Å²) in [6.07, 6.45) is 5.46. The number of nitrogens with zero attached hydrogens (tertiary/aromatic N) is 1. The predicted molar refractivity (Wildman–Crippen MR) is 91.1 cm³/mol. The van der Waals surface area contributed by atoms with Gasteiger partial charge in [0.15, 0.2) is 0 Å². The van der Waals surface area contributed by atoms with Gasteiger partial charge in [-0.3, -0.25) is 4.79 Å². The summed E-state index contributed by atoms with van der Waals surface area (Å²) in [6, 6.07) is 4.97. The highest BCUT2D eigenvalue weighted by molar-refractivity contribution is 5.79. The lowest BCUT2D eigenvalue weighted by molar-refractivity contribution is -0.133. The Balaban J connectivity index is 1.56. The zero-order valence-corrected chi connectivity index (χ0v) is 14.4. The minimum absolute atomic E-state index is 0.0109. The van der Waals surface area contributed by atoms with E-state index in [1.165, 1.54) is 12.5 Å². The zero-order chi connectivity index (χ0) is 17.2. The normalized spacial score (nSPS) is 23.0. The van der Waals surface area contributed by atoms with Crippen molar-refractivity contribution in [1.29, 1.82) is 0 Å². The van der Waals surface area contributed by atoms with Crippen LogP contribution in [0.3, 0.4) is 0 Å². The van der Waals surface area contributed by atoms with E-state index in [1.54, 1.807) is 11.0 Å². The molecule has 2 aliphatic rings. The molecule has 5 heteroatoms. The van der Waals surface area contributed by atoms with Crippen LogP contribution >= 0.6 is 0 Å². The van der Waals surface area contributed by atoms with Crippen LogP contribution in [0.25, 0.3) is 0 Å². The van der Waals surface area contributed by atoms with E-state index in [0.29, 0.717) is 19.5 Å². The molecule has 0 aromatic heterocycles. The fourth-order valence-electron chi connectivity index (χ4n) is 4.06. The molecule has 0 radical (unpaired) electrons. The van der Waals surface area contributed by atoms with E-state index < -0.39 is 5.60 Å². The molecule has 1 atom stereocenters. The summed E-state index contributed by atoms with van der Waals surface area (Å²) in [5, 5.41) is 13.6. The van der Waals surface area contributed by atoms with E-state index in [9.17, 15) is 14.3 Å². The van der Waals surface area contributed by atoms with Crippen LogP contribution in [-0.4, -0.2) is 41.1 Å². The number of amides is 1. The molecular weight excluding hydrogens is 307 g/mol. The molecule has 132 valence electrons. The number of halogens is 1. The lowest BCUT2D eigenvalue weighted by Crippen LogP contribution is -2.47. The molecule has 2 N–H and O–H groups in total. The van der Waals surface area contributed by atoms with Crippen LogP contribution in [0.4, 0.5) is 4.39 Å². The summed E-state index contributed by atoms with van der Waals surface area (Å²) in [5.74, 6) is -0.166. The lowest BCUT2D eigenvalue weighted by atomic mass is 9.85. The van der Waals surface area contributed by atoms with Crippen LogP contribution < -0.4 is 5.32 Å². The number of aliphatic hydroxyl groups is 1. The van der Waals surface area contributed by atoms with Crippen molar-refractivity contribution in [1.82, 2.24) is 10.2 Å². The summed E-state index contributed by atoms with van der Waals surface area (Å²) in [6.45, 7) is 3.17. The Bertz CT molecular complexity index is 599. The molecule has 24 heavy (non-hydrogen) atoms. The Hall–Kier alpha value is -1.46. The first kappa shape index (κ1) is 17.4. The summed E-state index contributed by atoms with van der Waals surface area (Å²) >= 11 is 0. The number of hydrogen-bond donors (Lipinski definition) is 2. The summed E-state index contributed by atoms with van der Waals surface area (Å²) in [4.78, 5) is 14.3. The SMILES string of the molecule is CC1c2cccc(F)c2CCN1C(=O)CNCC1(O)CCCCC1. The highest BCUT2D eigenvalue weighted by atomic mass is 19.1. The third-order valence-corrected chi connectivity index (χ3v) is 5.51. The molecule has 1 aromatic rings. The topological polar surface area (TPSA) is 52.6 Å². The summed E-state index contributed by atoms with van der Waals surface area (Å²) < 4.78 is 13.9. The summed E-state index contributed by atoms with van der Waals surface area (Å²) in [5.41, 5.74) is 0.973. The molecule has 0 spiro atoms. The molecule has 1 aliphatic carbocycles. The number of hydrogen-bond acceptors (Lipinski definition) is 3. The Labute approximate surface area is 143 Å². The maximum Gasteiger partial charge on any atom is 0.237 e. The van der Waals surface area contributed by atoms with Gasteiger partial charge in [-0.2, -0.15) is 0 Å². The van der Waals surface area contributed by atoms with Gasteiger partial charge in [-0.05, 0) is 43.4 Å². The van der Waals surface area contributed by atoms with E-state index in [2.05, 4.69) is 5.32 Å². The molecular formula is C19H27FN2O2. The quantitative estimate of drug-likeness (QED) is 0.890. The van der Waals surface area contributed by atoms with Gasteiger partial charge in [0.25, 0.3) is 0 Å². The first-order chi connectivity index (χ1) is 11.5. The molecule has 0 bridgehead atoms. The van der Waals surface area contributed by atoms with E-state index in [1.807, 2.05) is 13.0 Å². The highest BCUT2D eigenvalue weighted by Crippen LogP contribution is 2.31. The monoisotopic (exact) mass is 334 g/mol. The average Bonchev–Trinajstić information content (AvgIpc) is 2.56. The Morgan fingerprint density at radius 3 is 2.88 bits per heavy atom. The van der Waals surface area contributed by atoms with Gasteiger partial charge < -0.3 is 15.3 Å². The second kappa shape index (κ2) is 7.19. The van der Waals surface area contributed by atoms with E-state index in [0.717, 1.165) is 36.8 Å². The highest BCUT2D eigenvalue weighted by Gasteiger charge is 2.31. The van der Waals surface area contributed by atoms with Crippen LogP contribution in [0, 0.1) is 5.82 Å². The largest absolute Gasteiger partial charge is 0.389 e. The van der Waals surface area contributed by atoms with Crippen molar-refractivity contribution in [2.24, 2.45) is 0 Å². The second-order valence-corrected chi connectivity index (χ2v) is 7.21. The number of fused-ring (bicyclic) bond motifs is 1. The van der Waals surface area contributed by atoms with Crippen LogP contribution in [0.1, 0.15) is 56.2 Å². The van der Waals surface area contributed by atoms with Crippen molar-refractivity contribution in [2.75, 3.05) is 19.6 Å². The van der Waals surface area contributed by atoms with Gasteiger partial charge in [0, 0.05) is 13.1 Å². The van der Waals surface area contributed by atoms with E-state index in [-0.39, 0.29) is 24.3 Å². The number of rotatable bonds is 4.